The monoisotopic (exact) mass is 260 g/mol. The summed E-state index contributed by atoms with van der Waals surface area (Å²) < 4.78 is 19.1. The maximum atomic E-state index is 13.5. The largest absolute Gasteiger partial charge is 0.489 e. The van der Waals surface area contributed by atoms with Gasteiger partial charge in [0.1, 0.15) is 18.2 Å². The molecular weight excluding hydrogens is 247 g/mol. The molecule has 4 heteroatoms. The van der Waals surface area contributed by atoms with E-state index < -0.39 is 11.8 Å². The van der Waals surface area contributed by atoms with Crippen LogP contribution in [0.25, 0.3) is 0 Å². The standard InChI is InChI=1S/C15H13FO3/c1-10-7-12(15(17)18)13(16)8-14(10)19-9-11-5-3-2-4-6-11/h2-8H,9H2,1H3,(H,17,18). The number of hydrogen-bond acceptors (Lipinski definition) is 2. The van der Waals surface area contributed by atoms with Crippen LogP contribution in [-0.2, 0) is 6.61 Å². The Labute approximate surface area is 110 Å². The number of halogens is 1. The normalized spacial score (nSPS) is 10.2. The number of ether oxygens (including phenoxy) is 1. The molecule has 0 bridgehead atoms. The van der Waals surface area contributed by atoms with Gasteiger partial charge in [-0.1, -0.05) is 30.3 Å². The Morgan fingerprint density at radius 3 is 2.58 bits per heavy atom. The second-order valence-electron chi connectivity index (χ2n) is 4.18. The van der Waals surface area contributed by atoms with Crippen molar-refractivity contribution in [1.82, 2.24) is 0 Å². The number of hydrogen-bond donors (Lipinski definition) is 1. The first-order valence-corrected chi connectivity index (χ1v) is 5.78. The Morgan fingerprint density at radius 2 is 1.95 bits per heavy atom. The summed E-state index contributed by atoms with van der Waals surface area (Å²) in [7, 11) is 0. The number of benzene rings is 2. The van der Waals surface area contributed by atoms with Crippen LogP contribution < -0.4 is 4.74 Å². The number of carboxylic acid groups (broad SMARTS) is 1. The maximum absolute atomic E-state index is 13.5. The summed E-state index contributed by atoms with van der Waals surface area (Å²) in [5.41, 5.74) is 1.21. The first kappa shape index (κ1) is 13.1. The minimum atomic E-state index is -1.28. The van der Waals surface area contributed by atoms with Crippen molar-refractivity contribution in [3.63, 3.8) is 0 Å². The molecule has 0 heterocycles. The molecule has 0 amide bonds. The average Bonchev–Trinajstić information content (AvgIpc) is 2.40. The van der Waals surface area contributed by atoms with E-state index in [1.54, 1.807) is 6.92 Å². The topological polar surface area (TPSA) is 46.5 Å². The maximum Gasteiger partial charge on any atom is 0.338 e. The van der Waals surface area contributed by atoms with Gasteiger partial charge in [0.2, 0.25) is 0 Å². The van der Waals surface area contributed by atoms with Crippen LogP contribution in [0.3, 0.4) is 0 Å². The summed E-state index contributed by atoms with van der Waals surface area (Å²) in [6.45, 7) is 2.00. The molecule has 2 rings (SSSR count). The van der Waals surface area contributed by atoms with E-state index >= 15 is 0 Å². The Hall–Kier alpha value is -2.36. The highest BCUT2D eigenvalue weighted by atomic mass is 19.1. The summed E-state index contributed by atoms with van der Waals surface area (Å²) in [6.07, 6.45) is 0. The van der Waals surface area contributed by atoms with Gasteiger partial charge in [-0.2, -0.15) is 0 Å². The van der Waals surface area contributed by atoms with E-state index in [-0.39, 0.29) is 5.56 Å². The fourth-order valence-corrected chi connectivity index (χ4v) is 1.72. The van der Waals surface area contributed by atoms with Crippen molar-refractivity contribution in [3.05, 3.63) is 65.0 Å². The van der Waals surface area contributed by atoms with Crippen molar-refractivity contribution in [2.75, 3.05) is 0 Å². The molecular formula is C15H13FO3. The molecule has 3 nitrogen and oxygen atoms in total. The summed E-state index contributed by atoms with van der Waals surface area (Å²) in [6, 6.07) is 11.9. The predicted molar refractivity (Wildman–Crippen MR) is 68.9 cm³/mol. The highest BCUT2D eigenvalue weighted by Crippen LogP contribution is 2.23. The van der Waals surface area contributed by atoms with Gasteiger partial charge in [0, 0.05) is 6.07 Å². The first-order chi connectivity index (χ1) is 9.08. The fraction of sp³-hybridized carbons (Fsp3) is 0.133. The lowest BCUT2D eigenvalue weighted by atomic mass is 10.1. The van der Waals surface area contributed by atoms with Crippen molar-refractivity contribution in [1.29, 1.82) is 0 Å². The van der Waals surface area contributed by atoms with Crippen LogP contribution in [0.5, 0.6) is 5.75 Å². The summed E-state index contributed by atoms with van der Waals surface area (Å²) in [5, 5.41) is 8.81. The van der Waals surface area contributed by atoms with Crippen molar-refractivity contribution < 1.29 is 19.0 Å². The highest BCUT2D eigenvalue weighted by molar-refractivity contribution is 5.88. The molecule has 1 N–H and O–H groups in total. The zero-order valence-electron chi connectivity index (χ0n) is 10.4. The van der Waals surface area contributed by atoms with Crippen molar-refractivity contribution >= 4 is 5.97 Å². The Kier molecular flexibility index (Phi) is 3.80. The quantitative estimate of drug-likeness (QED) is 0.916. The molecule has 0 aromatic heterocycles. The van der Waals surface area contributed by atoms with Crippen molar-refractivity contribution in [2.24, 2.45) is 0 Å². The summed E-state index contributed by atoms with van der Waals surface area (Å²) >= 11 is 0. The van der Waals surface area contributed by atoms with Crippen LogP contribution in [0.4, 0.5) is 4.39 Å². The molecule has 2 aromatic rings. The third-order valence-electron chi connectivity index (χ3n) is 2.73. The second-order valence-corrected chi connectivity index (χ2v) is 4.18. The minimum absolute atomic E-state index is 0.313. The lowest BCUT2D eigenvalue weighted by Gasteiger charge is -2.10. The molecule has 0 radical (unpaired) electrons. The van der Waals surface area contributed by atoms with E-state index in [0.717, 1.165) is 11.6 Å². The highest BCUT2D eigenvalue weighted by Gasteiger charge is 2.13. The van der Waals surface area contributed by atoms with Crippen LogP contribution >= 0.6 is 0 Å². The molecule has 0 aliphatic heterocycles. The van der Waals surface area contributed by atoms with Gasteiger partial charge in [-0.25, -0.2) is 9.18 Å². The molecule has 19 heavy (non-hydrogen) atoms. The van der Waals surface area contributed by atoms with E-state index in [4.69, 9.17) is 9.84 Å². The minimum Gasteiger partial charge on any atom is -0.489 e. The van der Waals surface area contributed by atoms with Crippen LogP contribution in [-0.4, -0.2) is 11.1 Å². The third-order valence-corrected chi connectivity index (χ3v) is 2.73. The van der Waals surface area contributed by atoms with Crippen LogP contribution in [0.15, 0.2) is 42.5 Å². The molecule has 0 fully saturated rings. The van der Waals surface area contributed by atoms with Crippen LogP contribution in [0.2, 0.25) is 0 Å². The van der Waals surface area contributed by atoms with Gasteiger partial charge >= 0.3 is 5.97 Å². The number of aryl methyl sites for hydroxylation is 1. The van der Waals surface area contributed by atoms with Gasteiger partial charge in [-0.15, -0.1) is 0 Å². The number of carbonyl (C=O) groups is 1. The van der Waals surface area contributed by atoms with Gasteiger partial charge < -0.3 is 9.84 Å². The molecule has 0 aliphatic rings. The average molecular weight is 260 g/mol. The number of aromatic carboxylic acids is 1. The molecule has 0 atom stereocenters. The SMILES string of the molecule is Cc1cc(C(=O)O)c(F)cc1OCc1ccccc1. The van der Waals surface area contributed by atoms with Gasteiger partial charge in [0.05, 0.1) is 5.56 Å². The Balaban J connectivity index is 2.17. The molecule has 0 spiro atoms. The van der Waals surface area contributed by atoms with Gasteiger partial charge in [-0.3, -0.25) is 0 Å². The number of carboxylic acids is 1. The van der Waals surface area contributed by atoms with Crippen LogP contribution in [0, 0.1) is 12.7 Å². The molecule has 0 aliphatic carbocycles. The third kappa shape index (κ3) is 3.10. The van der Waals surface area contributed by atoms with Gasteiger partial charge in [0.25, 0.3) is 0 Å². The zero-order valence-corrected chi connectivity index (χ0v) is 10.4. The van der Waals surface area contributed by atoms with E-state index in [1.165, 1.54) is 6.07 Å². The predicted octanol–water partition coefficient (Wildman–Crippen LogP) is 3.41. The van der Waals surface area contributed by atoms with E-state index in [1.807, 2.05) is 30.3 Å². The summed E-state index contributed by atoms with van der Waals surface area (Å²) in [4.78, 5) is 10.8. The van der Waals surface area contributed by atoms with Crippen molar-refractivity contribution in [2.45, 2.75) is 13.5 Å². The molecule has 0 unspecified atom stereocenters. The summed E-state index contributed by atoms with van der Waals surface area (Å²) in [5.74, 6) is -1.72. The molecule has 98 valence electrons. The second kappa shape index (κ2) is 5.52. The lowest BCUT2D eigenvalue weighted by Crippen LogP contribution is -2.03. The Bertz CT molecular complexity index is 594. The smallest absolute Gasteiger partial charge is 0.338 e. The molecule has 2 aromatic carbocycles. The van der Waals surface area contributed by atoms with Gasteiger partial charge in [-0.05, 0) is 24.1 Å². The van der Waals surface area contributed by atoms with E-state index in [0.29, 0.717) is 17.9 Å². The van der Waals surface area contributed by atoms with Gasteiger partial charge in [0.15, 0.2) is 0 Å². The fourth-order valence-electron chi connectivity index (χ4n) is 1.72. The van der Waals surface area contributed by atoms with E-state index in [2.05, 4.69) is 0 Å². The zero-order chi connectivity index (χ0) is 13.8. The van der Waals surface area contributed by atoms with Crippen molar-refractivity contribution in [3.8, 4) is 5.75 Å². The molecule has 0 saturated carbocycles. The van der Waals surface area contributed by atoms with E-state index in [9.17, 15) is 9.18 Å². The molecule has 0 saturated heterocycles. The van der Waals surface area contributed by atoms with Crippen LogP contribution in [0.1, 0.15) is 21.5 Å². The first-order valence-electron chi connectivity index (χ1n) is 5.78. The number of rotatable bonds is 4. The Morgan fingerprint density at radius 1 is 1.26 bits per heavy atom. The lowest BCUT2D eigenvalue weighted by molar-refractivity contribution is 0.0691.